The van der Waals surface area contributed by atoms with Crippen molar-refractivity contribution in [3.05, 3.63) is 29.3 Å². The Morgan fingerprint density at radius 3 is 2.84 bits per heavy atom. The molecular weight excluding hydrogens is 334 g/mol. The molecule has 0 bridgehead atoms. The summed E-state index contributed by atoms with van der Waals surface area (Å²) in [6.45, 7) is 4.76. The van der Waals surface area contributed by atoms with Gasteiger partial charge in [-0.05, 0) is 49.4 Å². The molecule has 1 aliphatic rings. The van der Waals surface area contributed by atoms with Gasteiger partial charge in [-0.3, -0.25) is 9.20 Å². The lowest BCUT2D eigenvalue weighted by atomic mass is 9.95. The minimum atomic E-state index is -0.705. The van der Waals surface area contributed by atoms with Crippen molar-refractivity contribution in [3.63, 3.8) is 0 Å². The third-order valence-corrected chi connectivity index (χ3v) is 6.39. The number of methoxy groups -OCH3 is 1. The number of aliphatic imine (C=N–C) groups is 1. The largest absolute Gasteiger partial charge is 0.497 e. The summed E-state index contributed by atoms with van der Waals surface area (Å²) in [4.78, 5) is 4.34. The number of nitrogens with zero attached hydrogens (tertiary/aromatic N) is 1. The summed E-state index contributed by atoms with van der Waals surface area (Å²) in [5, 5.41) is 7.19. The second-order valence-corrected chi connectivity index (χ2v) is 8.59. The highest BCUT2D eigenvalue weighted by Gasteiger charge is 2.25. The van der Waals surface area contributed by atoms with Gasteiger partial charge >= 0.3 is 0 Å². The number of ether oxygens (including phenoxy) is 1. The van der Waals surface area contributed by atoms with E-state index in [1.807, 2.05) is 19.1 Å². The monoisotopic (exact) mass is 365 g/mol. The summed E-state index contributed by atoms with van der Waals surface area (Å²) in [5.41, 5.74) is 2.34. The highest BCUT2D eigenvalue weighted by molar-refractivity contribution is 7.85. The topological polar surface area (TPSA) is 62.7 Å². The first-order chi connectivity index (χ1) is 12.0. The maximum atomic E-state index is 12.1. The van der Waals surface area contributed by atoms with Crippen molar-refractivity contribution in [2.24, 2.45) is 4.99 Å². The van der Waals surface area contributed by atoms with E-state index in [0.29, 0.717) is 17.8 Å². The van der Waals surface area contributed by atoms with Crippen LogP contribution in [0.25, 0.3) is 0 Å². The zero-order chi connectivity index (χ0) is 18.2. The molecule has 1 aliphatic carbocycles. The predicted octanol–water partition coefficient (Wildman–Crippen LogP) is 2.75. The van der Waals surface area contributed by atoms with Gasteiger partial charge in [0.1, 0.15) is 5.75 Å². The highest BCUT2D eigenvalue weighted by Crippen LogP contribution is 2.23. The summed E-state index contributed by atoms with van der Waals surface area (Å²) in [6.07, 6.45) is 4.27. The van der Waals surface area contributed by atoms with Crippen molar-refractivity contribution in [2.45, 2.75) is 57.4 Å². The SMILES string of the molecule is CCS(=O)C1CCCC(NC(=NC)NCc2cc(C)cc(OC)c2)C1. The van der Waals surface area contributed by atoms with Crippen LogP contribution >= 0.6 is 0 Å². The first kappa shape index (κ1) is 19.8. The maximum absolute atomic E-state index is 12.1. The fraction of sp³-hybridized carbons (Fsp3) is 0.632. The molecule has 6 heteroatoms. The van der Waals surface area contributed by atoms with Crippen LogP contribution in [0.2, 0.25) is 0 Å². The lowest BCUT2D eigenvalue weighted by molar-refractivity contribution is 0.412. The smallest absolute Gasteiger partial charge is 0.191 e. The number of benzene rings is 1. The molecule has 0 amide bonds. The normalized spacial score (nSPS) is 22.3. The van der Waals surface area contributed by atoms with E-state index in [1.165, 1.54) is 5.56 Å². The Morgan fingerprint density at radius 1 is 1.36 bits per heavy atom. The third-order valence-electron chi connectivity index (χ3n) is 4.65. The van der Waals surface area contributed by atoms with Gasteiger partial charge in [-0.15, -0.1) is 0 Å². The van der Waals surface area contributed by atoms with Gasteiger partial charge in [0.15, 0.2) is 5.96 Å². The molecule has 3 unspecified atom stereocenters. The molecule has 2 N–H and O–H groups in total. The Hall–Kier alpha value is -1.56. The van der Waals surface area contributed by atoms with Gasteiger partial charge in [-0.1, -0.05) is 19.4 Å². The molecule has 0 radical (unpaired) electrons. The Morgan fingerprint density at radius 2 is 2.16 bits per heavy atom. The van der Waals surface area contributed by atoms with Crippen LogP contribution in [0.5, 0.6) is 5.75 Å². The molecule has 2 rings (SSSR count). The van der Waals surface area contributed by atoms with E-state index in [4.69, 9.17) is 4.74 Å². The molecule has 25 heavy (non-hydrogen) atoms. The summed E-state index contributed by atoms with van der Waals surface area (Å²) in [6, 6.07) is 6.54. The van der Waals surface area contributed by atoms with Gasteiger partial charge in [0, 0.05) is 41.4 Å². The molecule has 0 spiro atoms. The van der Waals surface area contributed by atoms with Crippen molar-refractivity contribution in [1.82, 2.24) is 10.6 Å². The molecule has 5 nitrogen and oxygen atoms in total. The van der Waals surface area contributed by atoms with Crippen LogP contribution < -0.4 is 15.4 Å². The molecule has 0 aromatic heterocycles. The molecule has 0 heterocycles. The van der Waals surface area contributed by atoms with E-state index in [-0.39, 0.29) is 0 Å². The lowest BCUT2D eigenvalue weighted by Crippen LogP contribution is -2.46. The van der Waals surface area contributed by atoms with Gasteiger partial charge in [-0.2, -0.15) is 0 Å². The molecular formula is C19H31N3O2S. The fourth-order valence-electron chi connectivity index (χ4n) is 3.37. The van der Waals surface area contributed by atoms with Crippen LogP contribution in [0.3, 0.4) is 0 Å². The standard InChI is InChI=1S/C19H31N3O2S/c1-5-25(23)18-8-6-7-16(12-18)22-19(20-3)21-13-15-9-14(2)10-17(11-15)24-4/h9-11,16,18H,5-8,12-13H2,1-4H3,(H2,20,21,22). The third kappa shape index (κ3) is 6.03. The Labute approximate surface area is 154 Å². The number of rotatable bonds is 6. The van der Waals surface area contributed by atoms with Crippen LogP contribution in [-0.2, 0) is 17.3 Å². The van der Waals surface area contributed by atoms with Crippen molar-refractivity contribution < 1.29 is 8.95 Å². The average molecular weight is 366 g/mol. The molecule has 1 aromatic rings. The van der Waals surface area contributed by atoms with Crippen molar-refractivity contribution in [1.29, 1.82) is 0 Å². The number of guanidine groups is 1. The second-order valence-electron chi connectivity index (χ2n) is 6.58. The van der Waals surface area contributed by atoms with E-state index in [9.17, 15) is 4.21 Å². The highest BCUT2D eigenvalue weighted by atomic mass is 32.2. The molecule has 140 valence electrons. The second kappa shape index (κ2) is 9.80. The summed E-state index contributed by atoms with van der Waals surface area (Å²) < 4.78 is 17.4. The van der Waals surface area contributed by atoms with E-state index < -0.39 is 10.8 Å². The first-order valence-corrected chi connectivity index (χ1v) is 10.4. The molecule has 1 fully saturated rings. The van der Waals surface area contributed by atoms with Gasteiger partial charge in [0.05, 0.1) is 7.11 Å². The van der Waals surface area contributed by atoms with Crippen LogP contribution in [-0.4, -0.2) is 41.4 Å². The van der Waals surface area contributed by atoms with E-state index >= 15 is 0 Å². The average Bonchev–Trinajstić information content (AvgIpc) is 2.64. The quantitative estimate of drug-likeness (QED) is 0.601. The minimum absolute atomic E-state index is 0.315. The van der Waals surface area contributed by atoms with Crippen LogP contribution in [0.15, 0.2) is 23.2 Å². The fourth-order valence-corrected chi connectivity index (χ4v) is 4.72. The van der Waals surface area contributed by atoms with Crippen LogP contribution in [0.4, 0.5) is 0 Å². The number of hydrogen-bond donors (Lipinski definition) is 2. The number of nitrogens with one attached hydrogen (secondary N) is 2. The predicted molar refractivity (Wildman–Crippen MR) is 106 cm³/mol. The number of hydrogen-bond acceptors (Lipinski definition) is 3. The molecule has 0 saturated heterocycles. The van der Waals surface area contributed by atoms with Crippen molar-refractivity contribution in [2.75, 3.05) is 19.9 Å². The summed E-state index contributed by atoms with van der Waals surface area (Å²) >= 11 is 0. The van der Waals surface area contributed by atoms with Gasteiger partial charge in [-0.25, -0.2) is 0 Å². The Balaban J connectivity index is 1.90. The lowest BCUT2D eigenvalue weighted by Gasteiger charge is -2.30. The van der Waals surface area contributed by atoms with E-state index in [1.54, 1.807) is 14.2 Å². The van der Waals surface area contributed by atoms with Gasteiger partial charge in [0.25, 0.3) is 0 Å². The minimum Gasteiger partial charge on any atom is -0.497 e. The Kier molecular flexibility index (Phi) is 7.75. The summed E-state index contributed by atoms with van der Waals surface area (Å²) in [5.74, 6) is 2.42. The summed E-state index contributed by atoms with van der Waals surface area (Å²) in [7, 11) is 2.77. The van der Waals surface area contributed by atoms with Crippen LogP contribution in [0.1, 0.15) is 43.7 Å². The maximum Gasteiger partial charge on any atom is 0.191 e. The molecule has 3 atom stereocenters. The van der Waals surface area contributed by atoms with Gasteiger partial charge in [0.2, 0.25) is 0 Å². The van der Waals surface area contributed by atoms with E-state index in [0.717, 1.165) is 48.7 Å². The van der Waals surface area contributed by atoms with Crippen LogP contribution in [0, 0.1) is 6.92 Å². The molecule has 1 aromatic carbocycles. The zero-order valence-corrected chi connectivity index (χ0v) is 16.6. The Bertz CT molecular complexity index is 619. The molecule has 1 saturated carbocycles. The van der Waals surface area contributed by atoms with E-state index in [2.05, 4.69) is 28.6 Å². The van der Waals surface area contributed by atoms with Gasteiger partial charge < -0.3 is 15.4 Å². The van der Waals surface area contributed by atoms with Crippen molar-refractivity contribution >= 4 is 16.8 Å². The van der Waals surface area contributed by atoms with Crippen molar-refractivity contribution in [3.8, 4) is 5.75 Å². The molecule has 0 aliphatic heterocycles. The first-order valence-electron chi connectivity index (χ1n) is 9.04. The zero-order valence-electron chi connectivity index (χ0n) is 15.8. The number of aryl methyl sites for hydroxylation is 1.